The van der Waals surface area contributed by atoms with E-state index < -0.39 is 12.2 Å². The summed E-state index contributed by atoms with van der Waals surface area (Å²) in [4.78, 5) is 10.7. The van der Waals surface area contributed by atoms with Crippen LogP contribution < -0.4 is 5.32 Å². The summed E-state index contributed by atoms with van der Waals surface area (Å²) in [5.74, 6) is -0.274. The summed E-state index contributed by atoms with van der Waals surface area (Å²) in [6.07, 6.45) is -2.24. The van der Waals surface area contributed by atoms with Crippen LogP contribution in [0.1, 0.15) is 29.7 Å². The number of hydrogen-bond acceptors (Lipinski definition) is 4. The van der Waals surface area contributed by atoms with Crippen LogP contribution in [0.15, 0.2) is 18.2 Å². The van der Waals surface area contributed by atoms with Crippen LogP contribution in [0, 0.1) is 18.3 Å². The van der Waals surface area contributed by atoms with Crippen molar-refractivity contribution in [1.82, 2.24) is 5.32 Å². The molecular formula is C13H16N2O3. The third-order valence-electron chi connectivity index (χ3n) is 2.74. The van der Waals surface area contributed by atoms with Crippen molar-refractivity contribution >= 4 is 5.91 Å². The largest absolute Gasteiger partial charge is 0.388 e. The minimum atomic E-state index is -1.13. The number of rotatable bonds is 4. The van der Waals surface area contributed by atoms with Crippen molar-refractivity contribution in [3.63, 3.8) is 0 Å². The topological polar surface area (TPSA) is 93.3 Å². The molecule has 5 nitrogen and oxygen atoms in total. The van der Waals surface area contributed by atoms with E-state index in [1.54, 1.807) is 25.1 Å². The standard InChI is InChI=1S/C13H16N2O3/c1-8-10(6-14)4-3-5-11(8)13(18)12(17)7-15-9(2)16/h3-5,12-13,17-18H,7H2,1-2H3,(H,15,16). The first-order valence-corrected chi connectivity index (χ1v) is 5.57. The highest BCUT2D eigenvalue weighted by molar-refractivity contribution is 5.72. The van der Waals surface area contributed by atoms with Gasteiger partial charge in [-0.15, -0.1) is 0 Å². The zero-order valence-electron chi connectivity index (χ0n) is 10.3. The second kappa shape index (κ2) is 6.15. The maximum Gasteiger partial charge on any atom is 0.216 e. The maximum absolute atomic E-state index is 10.7. The lowest BCUT2D eigenvalue weighted by Crippen LogP contribution is -2.34. The number of hydrogen-bond donors (Lipinski definition) is 3. The van der Waals surface area contributed by atoms with Gasteiger partial charge in [0, 0.05) is 13.5 Å². The lowest BCUT2D eigenvalue weighted by Gasteiger charge is -2.20. The highest BCUT2D eigenvalue weighted by Gasteiger charge is 2.21. The second-order valence-electron chi connectivity index (χ2n) is 4.08. The van der Waals surface area contributed by atoms with Crippen molar-refractivity contribution in [2.75, 3.05) is 6.54 Å². The highest BCUT2D eigenvalue weighted by Crippen LogP contribution is 2.22. The van der Waals surface area contributed by atoms with Gasteiger partial charge in [0.1, 0.15) is 12.2 Å². The lowest BCUT2D eigenvalue weighted by molar-refractivity contribution is -0.119. The number of nitrogens with zero attached hydrogens (tertiary/aromatic N) is 1. The fraction of sp³-hybridized carbons (Fsp3) is 0.385. The Morgan fingerprint density at radius 2 is 2.17 bits per heavy atom. The van der Waals surface area contributed by atoms with Gasteiger partial charge in [0.2, 0.25) is 5.91 Å². The lowest BCUT2D eigenvalue weighted by atomic mass is 9.96. The zero-order valence-corrected chi connectivity index (χ0v) is 10.3. The van der Waals surface area contributed by atoms with Crippen LogP contribution >= 0.6 is 0 Å². The third-order valence-corrected chi connectivity index (χ3v) is 2.74. The van der Waals surface area contributed by atoms with E-state index in [2.05, 4.69) is 5.32 Å². The normalized spacial score (nSPS) is 13.5. The number of amides is 1. The van der Waals surface area contributed by atoms with Gasteiger partial charge in [0.25, 0.3) is 0 Å². The van der Waals surface area contributed by atoms with Gasteiger partial charge >= 0.3 is 0 Å². The van der Waals surface area contributed by atoms with E-state index in [9.17, 15) is 15.0 Å². The van der Waals surface area contributed by atoms with Crippen molar-refractivity contribution in [2.45, 2.75) is 26.1 Å². The Hall–Kier alpha value is -1.90. The van der Waals surface area contributed by atoms with Crippen molar-refractivity contribution in [2.24, 2.45) is 0 Å². The van der Waals surface area contributed by atoms with Crippen molar-refractivity contribution < 1.29 is 15.0 Å². The minimum Gasteiger partial charge on any atom is -0.388 e. The van der Waals surface area contributed by atoms with E-state index in [1.807, 2.05) is 6.07 Å². The molecule has 3 N–H and O–H groups in total. The van der Waals surface area contributed by atoms with Gasteiger partial charge in [0.15, 0.2) is 0 Å². The Balaban J connectivity index is 2.87. The molecule has 0 aromatic heterocycles. The second-order valence-corrected chi connectivity index (χ2v) is 4.08. The predicted octanol–water partition coefficient (Wildman–Crippen LogP) is 0.397. The number of nitriles is 1. The average Bonchev–Trinajstić information content (AvgIpc) is 2.35. The van der Waals surface area contributed by atoms with E-state index in [4.69, 9.17) is 5.26 Å². The molecule has 0 fully saturated rings. The fourth-order valence-corrected chi connectivity index (χ4v) is 1.66. The van der Waals surface area contributed by atoms with Gasteiger partial charge in [-0.05, 0) is 24.1 Å². The average molecular weight is 248 g/mol. The summed E-state index contributed by atoms with van der Waals surface area (Å²) in [5.41, 5.74) is 1.58. The number of carbonyl (C=O) groups excluding carboxylic acids is 1. The van der Waals surface area contributed by atoms with Gasteiger partial charge < -0.3 is 15.5 Å². The van der Waals surface area contributed by atoms with Crippen molar-refractivity contribution in [1.29, 1.82) is 5.26 Å². The van der Waals surface area contributed by atoms with E-state index in [0.717, 1.165) is 0 Å². The third kappa shape index (κ3) is 3.29. The summed E-state index contributed by atoms with van der Waals surface area (Å²) in [6.45, 7) is 3.01. The van der Waals surface area contributed by atoms with Gasteiger partial charge in [-0.3, -0.25) is 4.79 Å². The molecule has 0 aliphatic heterocycles. The molecule has 0 radical (unpaired) electrons. The molecule has 2 atom stereocenters. The number of carbonyl (C=O) groups is 1. The minimum absolute atomic E-state index is 0.0350. The van der Waals surface area contributed by atoms with Gasteiger partial charge in [-0.25, -0.2) is 0 Å². The molecular weight excluding hydrogens is 232 g/mol. The SMILES string of the molecule is CC(=O)NCC(O)C(O)c1cccc(C#N)c1C. The summed E-state index contributed by atoms with van der Waals surface area (Å²) >= 11 is 0. The number of aliphatic hydroxyl groups is 2. The van der Waals surface area contributed by atoms with Crippen molar-refractivity contribution in [3.8, 4) is 6.07 Å². The first-order chi connectivity index (χ1) is 8.47. The molecule has 5 heteroatoms. The molecule has 1 amide bonds. The molecule has 0 aliphatic carbocycles. The maximum atomic E-state index is 10.7. The van der Waals surface area contributed by atoms with Crippen LogP contribution in [0.4, 0.5) is 0 Å². The molecule has 96 valence electrons. The van der Waals surface area contributed by atoms with E-state index in [0.29, 0.717) is 16.7 Å². The summed E-state index contributed by atoms with van der Waals surface area (Å²) in [5, 5.41) is 31.1. The van der Waals surface area contributed by atoms with E-state index in [-0.39, 0.29) is 12.5 Å². The molecule has 1 aromatic rings. The number of nitrogens with one attached hydrogen (secondary N) is 1. The molecule has 0 heterocycles. The summed E-state index contributed by atoms with van der Waals surface area (Å²) in [6, 6.07) is 6.96. The van der Waals surface area contributed by atoms with Gasteiger partial charge in [-0.2, -0.15) is 5.26 Å². The van der Waals surface area contributed by atoms with Crippen LogP contribution in [-0.2, 0) is 4.79 Å². The highest BCUT2D eigenvalue weighted by atomic mass is 16.3. The molecule has 0 saturated heterocycles. The Morgan fingerprint density at radius 3 is 2.72 bits per heavy atom. The molecule has 1 aromatic carbocycles. The first-order valence-electron chi connectivity index (χ1n) is 5.57. The zero-order chi connectivity index (χ0) is 13.7. The first kappa shape index (κ1) is 14.2. The van der Waals surface area contributed by atoms with Crippen LogP contribution in [0.3, 0.4) is 0 Å². The number of benzene rings is 1. The van der Waals surface area contributed by atoms with E-state index >= 15 is 0 Å². The van der Waals surface area contributed by atoms with Crippen LogP contribution in [-0.4, -0.2) is 28.8 Å². The van der Waals surface area contributed by atoms with Crippen LogP contribution in [0.2, 0.25) is 0 Å². The Bertz CT molecular complexity index is 480. The smallest absolute Gasteiger partial charge is 0.216 e. The van der Waals surface area contributed by atoms with Gasteiger partial charge in [-0.1, -0.05) is 12.1 Å². The molecule has 0 aliphatic rings. The molecule has 0 saturated carbocycles. The predicted molar refractivity (Wildman–Crippen MR) is 65.5 cm³/mol. The molecule has 18 heavy (non-hydrogen) atoms. The molecule has 2 unspecified atom stereocenters. The monoisotopic (exact) mass is 248 g/mol. The van der Waals surface area contributed by atoms with Gasteiger partial charge in [0.05, 0.1) is 11.6 Å². The summed E-state index contributed by atoms with van der Waals surface area (Å²) < 4.78 is 0. The van der Waals surface area contributed by atoms with E-state index in [1.165, 1.54) is 6.92 Å². The Labute approximate surface area is 106 Å². The quantitative estimate of drug-likeness (QED) is 0.719. The number of aliphatic hydroxyl groups excluding tert-OH is 2. The Morgan fingerprint density at radius 1 is 1.50 bits per heavy atom. The summed E-state index contributed by atoms with van der Waals surface area (Å²) in [7, 11) is 0. The molecule has 0 spiro atoms. The molecule has 0 bridgehead atoms. The Kier molecular flexibility index (Phi) is 4.84. The van der Waals surface area contributed by atoms with Crippen molar-refractivity contribution in [3.05, 3.63) is 34.9 Å². The fourth-order valence-electron chi connectivity index (χ4n) is 1.66. The van der Waals surface area contributed by atoms with Crippen LogP contribution in [0.5, 0.6) is 0 Å². The van der Waals surface area contributed by atoms with Crippen LogP contribution in [0.25, 0.3) is 0 Å². The molecule has 1 rings (SSSR count).